The number of alkyl halides is 3. The number of aromatic nitrogens is 3. The number of halogens is 3. The van der Waals surface area contributed by atoms with Gasteiger partial charge in [0.05, 0.1) is 24.1 Å². The van der Waals surface area contributed by atoms with E-state index in [-0.39, 0.29) is 36.0 Å². The summed E-state index contributed by atoms with van der Waals surface area (Å²) in [5.41, 5.74) is 2.17. The topological polar surface area (TPSA) is 127 Å². The first-order chi connectivity index (χ1) is 20.1. The number of nitrogens with one attached hydrogen (secondary N) is 2. The fourth-order valence-corrected chi connectivity index (χ4v) is 6.82. The molecule has 1 aliphatic heterocycles. The SMILES string of the molecule is CCCc1ccc(CNC(=O)[C@H]2CN(c3nc4cn[nH]c(=O)c4s3)CCN2[S+]([O-])c2ccc(OC(F)(F)F)cc2)cc1. The molecule has 2 aromatic carbocycles. The van der Waals surface area contributed by atoms with E-state index in [1.807, 2.05) is 29.2 Å². The first-order valence-electron chi connectivity index (χ1n) is 13.1. The molecule has 0 radical (unpaired) electrons. The van der Waals surface area contributed by atoms with Crippen LogP contribution in [0.25, 0.3) is 10.2 Å². The summed E-state index contributed by atoms with van der Waals surface area (Å²) in [6.07, 6.45) is -1.41. The van der Waals surface area contributed by atoms with Gasteiger partial charge < -0.3 is 19.5 Å². The van der Waals surface area contributed by atoms with Crippen molar-refractivity contribution < 1.29 is 27.3 Å². The lowest BCUT2D eigenvalue weighted by atomic mass is 10.1. The van der Waals surface area contributed by atoms with Crippen LogP contribution in [-0.2, 0) is 29.1 Å². The zero-order valence-electron chi connectivity index (χ0n) is 22.4. The van der Waals surface area contributed by atoms with Gasteiger partial charge in [0.1, 0.15) is 16.0 Å². The summed E-state index contributed by atoms with van der Waals surface area (Å²) in [5, 5.41) is 9.61. The lowest BCUT2D eigenvalue weighted by molar-refractivity contribution is -0.274. The Bertz CT molecular complexity index is 1580. The Balaban J connectivity index is 1.36. The monoisotopic (exact) mass is 620 g/mol. The number of H-pyrrole nitrogens is 1. The number of hydrogen-bond acceptors (Lipinski definition) is 9. The van der Waals surface area contributed by atoms with Gasteiger partial charge in [0, 0.05) is 19.6 Å². The summed E-state index contributed by atoms with van der Waals surface area (Å²) in [7, 11) is 0. The molecule has 1 aliphatic rings. The first kappa shape index (κ1) is 29.8. The number of hydrogen-bond donors (Lipinski definition) is 2. The van der Waals surface area contributed by atoms with E-state index in [0.717, 1.165) is 30.5 Å². The van der Waals surface area contributed by atoms with Crippen LogP contribution in [0.15, 0.2) is 64.4 Å². The molecule has 42 heavy (non-hydrogen) atoms. The largest absolute Gasteiger partial charge is 0.593 e. The van der Waals surface area contributed by atoms with Crippen LogP contribution < -0.4 is 20.5 Å². The van der Waals surface area contributed by atoms with Crippen molar-refractivity contribution in [3.8, 4) is 5.75 Å². The summed E-state index contributed by atoms with van der Waals surface area (Å²) < 4.78 is 57.2. The molecule has 0 bridgehead atoms. The second-order valence-corrected chi connectivity index (χ2v) is 12.0. The third-order valence-electron chi connectivity index (χ3n) is 6.61. The van der Waals surface area contributed by atoms with Crippen LogP contribution in [0, 0.1) is 0 Å². The van der Waals surface area contributed by atoms with Crippen LogP contribution in [0.4, 0.5) is 18.3 Å². The highest BCUT2D eigenvalue weighted by atomic mass is 32.2. The van der Waals surface area contributed by atoms with Gasteiger partial charge in [-0.25, -0.2) is 10.1 Å². The van der Waals surface area contributed by atoms with E-state index in [2.05, 4.69) is 32.2 Å². The van der Waals surface area contributed by atoms with Crippen molar-refractivity contribution in [1.29, 1.82) is 0 Å². The van der Waals surface area contributed by atoms with Crippen LogP contribution >= 0.6 is 11.3 Å². The van der Waals surface area contributed by atoms with E-state index < -0.39 is 29.5 Å². The maximum Gasteiger partial charge on any atom is 0.573 e. The number of amides is 1. The van der Waals surface area contributed by atoms with Gasteiger partial charge in [0.25, 0.3) is 5.56 Å². The number of piperazine rings is 1. The summed E-state index contributed by atoms with van der Waals surface area (Å²) in [6.45, 7) is 3.00. The van der Waals surface area contributed by atoms with Gasteiger partial charge in [0.2, 0.25) is 5.91 Å². The zero-order chi connectivity index (χ0) is 29.9. The standard InChI is InChI=1S/C27H27F3N6O4S2/c1-2-3-17-4-6-18(7-5-17)14-31-24(37)22-16-35(26-33-21-15-32-34-25(38)23(21)41-26)12-13-36(22)42(39)20-10-8-19(9-11-20)40-27(28,29)30/h4-11,15,22H,2-3,12-14,16H2,1H3,(H,31,37)(H,34,38)/t22-,42?/m1/s1. The second-order valence-electron chi connectivity index (χ2n) is 9.57. The highest BCUT2D eigenvalue weighted by Gasteiger charge is 2.41. The summed E-state index contributed by atoms with van der Waals surface area (Å²) >= 11 is -0.697. The van der Waals surface area contributed by atoms with Gasteiger partial charge in [-0.3, -0.25) is 9.59 Å². The molecule has 1 amide bonds. The summed E-state index contributed by atoms with van der Waals surface area (Å²) in [4.78, 5) is 32.3. The predicted octanol–water partition coefficient (Wildman–Crippen LogP) is 3.76. The van der Waals surface area contributed by atoms with E-state index >= 15 is 0 Å². The Labute approximate surface area is 245 Å². The minimum Gasteiger partial charge on any atom is -0.593 e. The van der Waals surface area contributed by atoms with Crippen molar-refractivity contribution in [3.63, 3.8) is 0 Å². The zero-order valence-corrected chi connectivity index (χ0v) is 24.0. The Hall–Kier alpha value is -3.66. The highest BCUT2D eigenvalue weighted by molar-refractivity contribution is 7.89. The molecule has 0 aliphatic carbocycles. The van der Waals surface area contributed by atoms with Crippen molar-refractivity contribution in [2.45, 2.75) is 43.6 Å². The lowest BCUT2D eigenvalue weighted by Crippen LogP contribution is -2.60. The number of anilines is 1. The number of carbonyl (C=O) groups is 1. The van der Waals surface area contributed by atoms with Crippen LogP contribution in [0.1, 0.15) is 24.5 Å². The smallest absolute Gasteiger partial charge is 0.573 e. The average Bonchev–Trinajstić information content (AvgIpc) is 3.42. The molecule has 2 atom stereocenters. The van der Waals surface area contributed by atoms with Crippen molar-refractivity contribution in [1.82, 2.24) is 24.8 Å². The van der Waals surface area contributed by atoms with Gasteiger partial charge in [-0.15, -0.1) is 17.5 Å². The maximum atomic E-state index is 13.6. The first-order valence-corrected chi connectivity index (χ1v) is 15.0. The number of fused-ring (bicyclic) bond motifs is 1. The average molecular weight is 621 g/mol. The van der Waals surface area contributed by atoms with E-state index in [9.17, 15) is 27.3 Å². The Kier molecular flexibility index (Phi) is 9.01. The molecule has 222 valence electrons. The molecule has 2 N–H and O–H groups in total. The molecule has 1 saturated heterocycles. The van der Waals surface area contributed by atoms with Gasteiger partial charge in [-0.1, -0.05) is 48.9 Å². The normalized spacial score (nSPS) is 16.9. The van der Waals surface area contributed by atoms with Gasteiger partial charge >= 0.3 is 6.36 Å². The Morgan fingerprint density at radius 2 is 1.88 bits per heavy atom. The van der Waals surface area contributed by atoms with Gasteiger partial charge in [-0.05, 0) is 41.8 Å². The molecule has 0 spiro atoms. The molecule has 10 nitrogen and oxygen atoms in total. The van der Waals surface area contributed by atoms with Gasteiger partial charge in [0.15, 0.2) is 16.1 Å². The Morgan fingerprint density at radius 3 is 2.55 bits per heavy atom. The third-order valence-corrected chi connectivity index (χ3v) is 9.28. The fourth-order valence-electron chi connectivity index (χ4n) is 4.57. The minimum atomic E-state index is -4.85. The number of rotatable bonds is 9. The van der Waals surface area contributed by atoms with Crippen LogP contribution in [0.2, 0.25) is 0 Å². The molecular formula is C27H27F3N6O4S2. The molecular weight excluding hydrogens is 593 g/mol. The van der Waals surface area contributed by atoms with Crippen LogP contribution in [0.3, 0.4) is 0 Å². The van der Waals surface area contributed by atoms with Crippen molar-refractivity contribution in [2.24, 2.45) is 0 Å². The predicted molar refractivity (Wildman–Crippen MR) is 153 cm³/mol. The quantitative estimate of drug-likeness (QED) is 0.271. The Morgan fingerprint density at radius 1 is 1.17 bits per heavy atom. The fraction of sp³-hybridized carbons (Fsp3) is 0.333. The number of aryl methyl sites for hydroxylation is 1. The second kappa shape index (κ2) is 12.7. The molecule has 2 aromatic heterocycles. The molecule has 5 rings (SSSR count). The number of ether oxygens (including phenoxy) is 1. The number of nitrogens with zero attached hydrogens (tertiary/aromatic N) is 4. The molecule has 1 fully saturated rings. The number of benzene rings is 2. The van der Waals surface area contributed by atoms with E-state index in [1.54, 1.807) is 0 Å². The minimum absolute atomic E-state index is 0.118. The molecule has 0 saturated carbocycles. The molecule has 1 unspecified atom stereocenters. The van der Waals surface area contributed by atoms with Crippen LogP contribution in [-0.4, -0.2) is 62.0 Å². The van der Waals surface area contributed by atoms with E-state index in [0.29, 0.717) is 21.9 Å². The van der Waals surface area contributed by atoms with Crippen molar-refractivity contribution in [3.05, 3.63) is 76.2 Å². The number of aromatic amines is 1. The molecule has 3 heterocycles. The lowest BCUT2D eigenvalue weighted by Gasteiger charge is -2.39. The van der Waals surface area contributed by atoms with E-state index in [1.165, 1.54) is 39.5 Å². The van der Waals surface area contributed by atoms with Crippen LogP contribution in [0.5, 0.6) is 5.75 Å². The van der Waals surface area contributed by atoms with E-state index in [4.69, 9.17) is 0 Å². The summed E-state index contributed by atoms with van der Waals surface area (Å²) in [6, 6.07) is 11.8. The number of thiazole rings is 1. The summed E-state index contributed by atoms with van der Waals surface area (Å²) in [5.74, 6) is -0.809. The number of carbonyl (C=O) groups excluding carboxylic acids is 1. The van der Waals surface area contributed by atoms with Crippen molar-refractivity contribution >= 4 is 44.0 Å². The molecule has 4 aromatic rings. The maximum absolute atomic E-state index is 13.6. The van der Waals surface area contributed by atoms with Gasteiger partial charge in [-0.2, -0.15) is 5.10 Å². The third kappa shape index (κ3) is 7.03. The van der Waals surface area contributed by atoms with Crippen molar-refractivity contribution in [2.75, 3.05) is 24.5 Å². The molecule has 15 heteroatoms. The highest BCUT2D eigenvalue weighted by Crippen LogP contribution is 2.31.